The first-order valence-electron chi connectivity index (χ1n) is 5.98. The lowest BCUT2D eigenvalue weighted by atomic mass is 10.3. The van der Waals surface area contributed by atoms with E-state index in [4.69, 9.17) is 15.2 Å². The normalized spacial score (nSPS) is 13.2. The van der Waals surface area contributed by atoms with Crippen LogP contribution in [0.3, 0.4) is 0 Å². The predicted octanol–water partition coefficient (Wildman–Crippen LogP) is 0.981. The van der Waals surface area contributed by atoms with Gasteiger partial charge in [0, 0.05) is 12.7 Å². The molecular weight excluding hydrogens is 268 g/mol. The smallest absolute Gasteiger partial charge is 0.240 e. The third kappa shape index (κ3) is 4.38. The number of nitrogens with two attached hydrogens (primary N) is 1. The summed E-state index contributed by atoms with van der Waals surface area (Å²) >= 11 is 0. The van der Waals surface area contributed by atoms with Gasteiger partial charge in [-0.3, -0.25) is 0 Å². The molecule has 0 bridgehead atoms. The molecule has 1 aromatic rings. The van der Waals surface area contributed by atoms with Gasteiger partial charge < -0.3 is 15.2 Å². The molecule has 0 aliphatic rings. The fraction of sp³-hybridized carbons (Fsp3) is 0.500. The van der Waals surface area contributed by atoms with Gasteiger partial charge in [-0.1, -0.05) is 0 Å². The van der Waals surface area contributed by atoms with Crippen LogP contribution in [0.4, 0.5) is 5.69 Å². The first kappa shape index (κ1) is 15.7. The first-order chi connectivity index (χ1) is 8.90. The monoisotopic (exact) mass is 288 g/mol. The molecular formula is C12H20N2O4S. The maximum absolute atomic E-state index is 11.7. The molecule has 0 saturated heterocycles. The SMILES string of the molecule is CCOCC(C)Oc1cc(S(=O)(=O)NC)ccc1N. The molecule has 7 heteroatoms. The van der Waals surface area contributed by atoms with E-state index in [1.807, 2.05) is 13.8 Å². The molecule has 0 spiro atoms. The Balaban J connectivity index is 2.92. The lowest BCUT2D eigenvalue weighted by molar-refractivity contribution is 0.0660. The van der Waals surface area contributed by atoms with E-state index in [-0.39, 0.29) is 11.0 Å². The van der Waals surface area contributed by atoms with Crippen LogP contribution in [0.5, 0.6) is 5.75 Å². The second-order valence-electron chi connectivity index (χ2n) is 4.00. The summed E-state index contributed by atoms with van der Waals surface area (Å²) in [6, 6.07) is 4.35. The summed E-state index contributed by atoms with van der Waals surface area (Å²) in [6.07, 6.45) is -0.213. The van der Waals surface area contributed by atoms with Crippen molar-refractivity contribution in [1.82, 2.24) is 4.72 Å². The van der Waals surface area contributed by atoms with Crippen molar-refractivity contribution in [1.29, 1.82) is 0 Å². The first-order valence-corrected chi connectivity index (χ1v) is 7.46. The maximum Gasteiger partial charge on any atom is 0.240 e. The molecule has 1 atom stereocenters. The molecule has 6 nitrogen and oxygen atoms in total. The molecule has 0 fully saturated rings. The zero-order valence-corrected chi connectivity index (χ0v) is 12.2. The van der Waals surface area contributed by atoms with Gasteiger partial charge in [0.25, 0.3) is 0 Å². The van der Waals surface area contributed by atoms with Gasteiger partial charge in [0.15, 0.2) is 0 Å². The van der Waals surface area contributed by atoms with Gasteiger partial charge >= 0.3 is 0 Å². The minimum absolute atomic E-state index is 0.114. The van der Waals surface area contributed by atoms with Crippen molar-refractivity contribution in [3.63, 3.8) is 0 Å². The zero-order valence-electron chi connectivity index (χ0n) is 11.3. The van der Waals surface area contributed by atoms with Gasteiger partial charge in [0.05, 0.1) is 17.2 Å². The van der Waals surface area contributed by atoms with E-state index in [2.05, 4.69) is 4.72 Å². The highest BCUT2D eigenvalue weighted by molar-refractivity contribution is 7.89. The second kappa shape index (κ2) is 6.74. The van der Waals surface area contributed by atoms with Gasteiger partial charge in [-0.25, -0.2) is 13.1 Å². The molecule has 0 radical (unpaired) electrons. The molecule has 3 N–H and O–H groups in total. The van der Waals surface area contributed by atoms with Gasteiger partial charge in [-0.2, -0.15) is 0 Å². The Hall–Kier alpha value is -1.31. The maximum atomic E-state index is 11.7. The average Bonchev–Trinajstić information content (AvgIpc) is 2.38. The van der Waals surface area contributed by atoms with Crippen molar-refractivity contribution in [3.8, 4) is 5.75 Å². The number of benzene rings is 1. The van der Waals surface area contributed by atoms with Crippen LogP contribution in [0.2, 0.25) is 0 Å². The Labute approximate surface area is 113 Å². The molecule has 0 aromatic heterocycles. The molecule has 0 aliphatic carbocycles. The average molecular weight is 288 g/mol. The summed E-state index contributed by atoms with van der Waals surface area (Å²) in [5.74, 6) is 0.337. The summed E-state index contributed by atoms with van der Waals surface area (Å²) in [5, 5.41) is 0. The second-order valence-corrected chi connectivity index (χ2v) is 5.88. The van der Waals surface area contributed by atoms with E-state index < -0.39 is 10.0 Å². The Bertz CT molecular complexity index is 516. The van der Waals surface area contributed by atoms with Crippen LogP contribution in [0, 0.1) is 0 Å². The van der Waals surface area contributed by atoms with Gasteiger partial charge in [0.2, 0.25) is 10.0 Å². The standard InChI is InChI=1S/C12H20N2O4S/c1-4-17-8-9(2)18-12-7-10(5-6-11(12)13)19(15,16)14-3/h5-7,9,14H,4,8,13H2,1-3H3. The Kier molecular flexibility index (Phi) is 5.59. The fourth-order valence-corrected chi connectivity index (χ4v) is 2.18. The van der Waals surface area contributed by atoms with Gasteiger partial charge in [-0.15, -0.1) is 0 Å². The number of sulfonamides is 1. The Morgan fingerprint density at radius 3 is 2.68 bits per heavy atom. The third-order valence-corrected chi connectivity index (χ3v) is 3.86. The van der Waals surface area contributed by atoms with Crippen molar-refractivity contribution in [2.24, 2.45) is 0 Å². The number of anilines is 1. The largest absolute Gasteiger partial charge is 0.486 e. The highest BCUT2D eigenvalue weighted by atomic mass is 32.2. The summed E-state index contributed by atoms with van der Waals surface area (Å²) in [6.45, 7) is 4.73. The van der Waals surface area contributed by atoms with E-state index in [1.54, 1.807) is 0 Å². The van der Waals surface area contributed by atoms with Crippen molar-refractivity contribution in [2.75, 3.05) is 26.0 Å². The minimum Gasteiger partial charge on any atom is -0.486 e. The van der Waals surface area contributed by atoms with Gasteiger partial charge in [0.1, 0.15) is 11.9 Å². The molecule has 1 unspecified atom stereocenters. The molecule has 0 aliphatic heterocycles. The molecule has 19 heavy (non-hydrogen) atoms. The van der Waals surface area contributed by atoms with Crippen LogP contribution in [0.15, 0.2) is 23.1 Å². The van der Waals surface area contributed by atoms with E-state index in [0.29, 0.717) is 24.7 Å². The van der Waals surface area contributed by atoms with Crippen molar-refractivity contribution in [2.45, 2.75) is 24.8 Å². The van der Waals surface area contributed by atoms with E-state index in [9.17, 15) is 8.42 Å². The third-order valence-electron chi connectivity index (χ3n) is 2.45. The van der Waals surface area contributed by atoms with E-state index in [0.717, 1.165) is 0 Å². The quantitative estimate of drug-likeness (QED) is 0.730. The molecule has 108 valence electrons. The lowest BCUT2D eigenvalue weighted by Crippen LogP contribution is -2.21. The number of hydrogen-bond acceptors (Lipinski definition) is 5. The molecule has 0 heterocycles. The number of rotatable bonds is 7. The Morgan fingerprint density at radius 2 is 2.11 bits per heavy atom. The molecule has 1 rings (SSSR count). The van der Waals surface area contributed by atoms with Crippen LogP contribution in [0.25, 0.3) is 0 Å². The fourth-order valence-electron chi connectivity index (χ4n) is 1.44. The topological polar surface area (TPSA) is 90.6 Å². The van der Waals surface area contributed by atoms with Crippen molar-refractivity contribution >= 4 is 15.7 Å². The number of hydrogen-bond donors (Lipinski definition) is 2. The van der Waals surface area contributed by atoms with Crippen LogP contribution in [-0.2, 0) is 14.8 Å². The summed E-state index contributed by atoms with van der Waals surface area (Å²) in [5.41, 5.74) is 6.16. The van der Waals surface area contributed by atoms with Crippen molar-refractivity contribution < 1.29 is 17.9 Å². The number of nitrogens with one attached hydrogen (secondary N) is 1. The predicted molar refractivity (Wildman–Crippen MR) is 73.7 cm³/mol. The van der Waals surface area contributed by atoms with Crippen LogP contribution in [-0.4, -0.2) is 34.8 Å². The molecule has 0 saturated carbocycles. The lowest BCUT2D eigenvalue weighted by Gasteiger charge is -2.16. The van der Waals surface area contributed by atoms with Crippen LogP contribution in [0.1, 0.15) is 13.8 Å². The number of nitrogen functional groups attached to an aromatic ring is 1. The zero-order chi connectivity index (χ0) is 14.5. The van der Waals surface area contributed by atoms with Crippen LogP contribution < -0.4 is 15.2 Å². The summed E-state index contributed by atoms with van der Waals surface area (Å²) in [7, 11) is -2.16. The number of ether oxygens (including phenoxy) is 2. The minimum atomic E-state index is -3.51. The summed E-state index contributed by atoms with van der Waals surface area (Å²) < 4.78 is 36.4. The van der Waals surface area contributed by atoms with Crippen LogP contribution >= 0.6 is 0 Å². The van der Waals surface area contributed by atoms with E-state index >= 15 is 0 Å². The highest BCUT2D eigenvalue weighted by Gasteiger charge is 2.15. The van der Waals surface area contributed by atoms with Crippen molar-refractivity contribution in [3.05, 3.63) is 18.2 Å². The van der Waals surface area contributed by atoms with E-state index in [1.165, 1.54) is 25.2 Å². The summed E-state index contributed by atoms with van der Waals surface area (Å²) in [4.78, 5) is 0.114. The van der Waals surface area contributed by atoms with Gasteiger partial charge in [-0.05, 0) is 33.0 Å². The molecule has 0 amide bonds. The Morgan fingerprint density at radius 1 is 1.42 bits per heavy atom. The highest BCUT2D eigenvalue weighted by Crippen LogP contribution is 2.26. The molecule has 1 aromatic carbocycles.